The van der Waals surface area contributed by atoms with Gasteiger partial charge in [-0.3, -0.25) is 4.90 Å². The first kappa shape index (κ1) is 17.5. The molecule has 4 rings (SSSR count). The van der Waals surface area contributed by atoms with Gasteiger partial charge in [-0.1, -0.05) is 42.5 Å². The fourth-order valence-corrected chi connectivity index (χ4v) is 3.78. The van der Waals surface area contributed by atoms with Crippen LogP contribution in [0.1, 0.15) is 17.3 Å². The molecule has 2 aromatic carbocycles. The number of nitrogens with zero attached hydrogens (tertiary/aromatic N) is 4. The number of hydrogen-bond donors (Lipinski definition) is 1. The Kier molecular flexibility index (Phi) is 4.81. The highest BCUT2D eigenvalue weighted by molar-refractivity contribution is 5.85. The van der Waals surface area contributed by atoms with Crippen molar-refractivity contribution in [3.05, 3.63) is 66.2 Å². The molecule has 2 amide bonds. The van der Waals surface area contributed by atoms with Gasteiger partial charge in [0.15, 0.2) is 0 Å². The summed E-state index contributed by atoms with van der Waals surface area (Å²) >= 11 is 0. The monoisotopic (exact) mass is 363 g/mol. The maximum atomic E-state index is 11.9. The van der Waals surface area contributed by atoms with E-state index in [2.05, 4.69) is 62.2 Å². The van der Waals surface area contributed by atoms with Crippen molar-refractivity contribution in [2.45, 2.75) is 19.1 Å². The van der Waals surface area contributed by atoms with Crippen molar-refractivity contribution in [3.63, 3.8) is 0 Å². The van der Waals surface area contributed by atoms with Crippen LogP contribution < -0.4 is 5.32 Å². The second-order valence-electron chi connectivity index (χ2n) is 7.33. The molecule has 0 fully saturated rings. The van der Waals surface area contributed by atoms with E-state index in [0.717, 1.165) is 19.6 Å². The molecule has 1 aliphatic heterocycles. The normalized spacial score (nSPS) is 16.9. The summed E-state index contributed by atoms with van der Waals surface area (Å²) in [4.78, 5) is 20.2. The average Bonchev–Trinajstić information content (AvgIpc) is 3.15. The van der Waals surface area contributed by atoms with E-state index >= 15 is 0 Å². The molecule has 0 spiro atoms. The van der Waals surface area contributed by atoms with Crippen molar-refractivity contribution in [1.82, 2.24) is 24.7 Å². The summed E-state index contributed by atoms with van der Waals surface area (Å²) in [5.41, 5.74) is 2.52. The van der Waals surface area contributed by atoms with E-state index in [9.17, 15) is 4.79 Å². The minimum Gasteiger partial charge on any atom is -0.336 e. The fourth-order valence-electron chi connectivity index (χ4n) is 3.78. The summed E-state index contributed by atoms with van der Waals surface area (Å²) < 4.78 is 2.19. The Bertz CT molecular complexity index is 943. The maximum Gasteiger partial charge on any atom is 0.316 e. The van der Waals surface area contributed by atoms with Crippen molar-refractivity contribution in [3.8, 4) is 0 Å². The lowest BCUT2D eigenvalue weighted by Crippen LogP contribution is -2.44. The van der Waals surface area contributed by atoms with Crippen LogP contribution >= 0.6 is 0 Å². The molecule has 0 aliphatic carbocycles. The second-order valence-corrected chi connectivity index (χ2v) is 7.33. The Morgan fingerprint density at radius 2 is 2.04 bits per heavy atom. The van der Waals surface area contributed by atoms with Gasteiger partial charge in [0.05, 0.1) is 18.1 Å². The number of nitrogens with one attached hydrogen (secondary N) is 1. The first-order valence-electron chi connectivity index (χ1n) is 9.26. The van der Waals surface area contributed by atoms with Crippen molar-refractivity contribution in [1.29, 1.82) is 0 Å². The molecule has 140 valence electrons. The lowest BCUT2D eigenvalue weighted by atomic mass is 10.0. The van der Waals surface area contributed by atoms with E-state index in [-0.39, 0.29) is 12.1 Å². The number of carbonyl (C=O) groups excluding carboxylic acids is 1. The molecule has 1 atom stereocenters. The van der Waals surface area contributed by atoms with Gasteiger partial charge in [-0.25, -0.2) is 9.78 Å². The molecule has 6 heteroatoms. The predicted octanol–water partition coefficient (Wildman–Crippen LogP) is 2.86. The number of fused-ring (bicyclic) bond motifs is 2. The SMILES string of the molecule is CN(C)C(=O)NCC1CN(Cc2cccc3ccccc23)Cc2cncn21. The summed E-state index contributed by atoms with van der Waals surface area (Å²) in [5.74, 6) is 0. The van der Waals surface area contributed by atoms with Gasteiger partial charge in [-0.2, -0.15) is 0 Å². The highest BCUT2D eigenvalue weighted by Crippen LogP contribution is 2.25. The quantitative estimate of drug-likeness (QED) is 0.775. The summed E-state index contributed by atoms with van der Waals surface area (Å²) in [5, 5.41) is 5.58. The lowest BCUT2D eigenvalue weighted by molar-refractivity contribution is 0.171. The molecule has 0 saturated heterocycles. The smallest absolute Gasteiger partial charge is 0.316 e. The van der Waals surface area contributed by atoms with Crippen LogP contribution in [0.4, 0.5) is 4.79 Å². The molecular weight excluding hydrogens is 338 g/mol. The topological polar surface area (TPSA) is 53.4 Å². The number of hydrogen-bond acceptors (Lipinski definition) is 3. The summed E-state index contributed by atoms with van der Waals surface area (Å²) in [6.07, 6.45) is 3.80. The molecule has 0 bridgehead atoms. The number of imidazole rings is 1. The minimum atomic E-state index is -0.0668. The Balaban J connectivity index is 1.53. The largest absolute Gasteiger partial charge is 0.336 e. The summed E-state index contributed by atoms with van der Waals surface area (Å²) in [6.45, 7) is 3.21. The number of carbonyl (C=O) groups is 1. The van der Waals surface area contributed by atoms with Gasteiger partial charge < -0.3 is 14.8 Å². The van der Waals surface area contributed by atoms with Crippen LogP contribution in [0.5, 0.6) is 0 Å². The molecule has 1 aliphatic rings. The number of rotatable bonds is 4. The van der Waals surface area contributed by atoms with Crippen LogP contribution in [-0.4, -0.2) is 52.6 Å². The van der Waals surface area contributed by atoms with Crippen LogP contribution in [0.25, 0.3) is 10.8 Å². The fraction of sp³-hybridized carbons (Fsp3) is 0.333. The van der Waals surface area contributed by atoms with Crippen molar-refractivity contribution < 1.29 is 4.79 Å². The van der Waals surface area contributed by atoms with E-state index < -0.39 is 0 Å². The third-order valence-corrected chi connectivity index (χ3v) is 5.16. The zero-order valence-electron chi connectivity index (χ0n) is 15.8. The van der Waals surface area contributed by atoms with Gasteiger partial charge in [0.25, 0.3) is 0 Å². The second kappa shape index (κ2) is 7.40. The first-order chi connectivity index (χ1) is 13.1. The van der Waals surface area contributed by atoms with Crippen LogP contribution in [0, 0.1) is 0 Å². The summed E-state index contributed by atoms with van der Waals surface area (Å²) in [6, 6.07) is 15.1. The van der Waals surface area contributed by atoms with Gasteiger partial charge >= 0.3 is 6.03 Å². The zero-order valence-corrected chi connectivity index (χ0v) is 15.8. The van der Waals surface area contributed by atoms with Crippen LogP contribution in [0.3, 0.4) is 0 Å². The lowest BCUT2D eigenvalue weighted by Gasteiger charge is -2.35. The van der Waals surface area contributed by atoms with Crippen molar-refractivity contribution in [2.24, 2.45) is 0 Å². The van der Waals surface area contributed by atoms with Crippen molar-refractivity contribution >= 4 is 16.8 Å². The van der Waals surface area contributed by atoms with Crippen LogP contribution in [0.2, 0.25) is 0 Å². The Hall–Kier alpha value is -2.86. The van der Waals surface area contributed by atoms with E-state index in [1.807, 2.05) is 12.5 Å². The van der Waals surface area contributed by atoms with Gasteiger partial charge in [-0.05, 0) is 16.3 Å². The highest BCUT2D eigenvalue weighted by atomic mass is 16.2. The number of urea groups is 1. The molecule has 1 aromatic heterocycles. The van der Waals surface area contributed by atoms with Crippen LogP contribution in [0.15, 0.2) is 55.0 Å². The number of benzene rings is 2. The molecule has 0 radical (unpaired) electrons. The molecule has 0 saturated carbocycles. The molecule has 1 N–H and O–H groups in total. The number of amides is 2. The summed E-state index contributed by atoms with van der Waals surface area (Å²) in [7, 11) is 3.51. The van der Waals surface area contributed by atoms with E-state index in [1.54, 1.807) is 19.0 Å². The number of aromatic nitrogens is 2. The first-order valence-corrected chi connectivity index (χ1v) is 9.26. The third-order valence-electron chi connectivity index (χ3n) is 5.16. The van der Waals surface area contributed by atoms with E-state index in [0.29, 0.717) is 6.54 Å². The molecule has 2 heterocycles. The van der Waals surface area contributed by atoms with Gasteiger partial charge in [0, 0.05) is 46.5 Å². The van der Waals surface area contributed by atoms with E-state index in [4.69, 9.17) is 0 Å². The molecular formula is C21H25N5O. The van der Waals surface area contributed by atoms with Gasteiger partial charge in [-0.15, -0.1) is 0 Å². The molecule has 3 aromatic rings. The minimum absolute atomic E-state index is 0.0668. The standard InChI is InChI=1S/C21H25N5O/c1-24(2)21(27)23-11-19-14-25(13-18-10-22-15-26(18)19)12-17-8-5-7-16-6-3-4-9-20(16)17/h3-10,15,19H,11-14H2,1-2H3,(H,23,27). The molecule has 6 nitrogen and oxygen atoms in total. The van der Waals surface area contributed by atoms with Crippen LogP contribution in [-0.2, 0) is 13.1 Å². The molecule has 1 unspecified atom stereocenters. The van der Waals surface area contributed by atoms with E-state index in [1.165, 1.54) is 22.0 Å². The van der Waals surface area contributed by atoms with Gasteiger partial charge in [0.1, 0.15) is 0 Å². The molecule has 27 heavy (non-hydrogen) atoms. The predicted molar refractivity (Wildman–Crippen MR) is 106 cm³/mol. The van der Waals surface area contributed by atoms with Crippen molar-refractivity contribution in [2.75, 3.05) is 27.2 Å². The van der Waals surface area contributed by atoms with Gasteiger partial charge in [0.2, 0.25) is 0 Å². The Morgan fingerprint density at radius 1 is 1.22 bits per heavy atom. The Labute approximate surface area is 159 Å². The zero-order chi connectivity index (χ0) is 18.8. The Morgan fingerprint density at radius 3 is 2.89 bits per heavy atom. The third kappa shape index (κ3) is 3.66. The highest BCUT2D eigenvalue weighted by Gasteiger charge is 2.25. The maximum absolute atomic E-state index is 11.9. The average molecular weight is 363 g/mol.